The maximum absolute atomic E-state index is 13.0. The highest BCUT2D eigenvalue weighted by molar-refractivity contribution is 7.15. The van der Waals surface area contributed by atoms with Crippen molar-refractivity contribution >= 4 is 28.1 Å². The molecule has 0 fully saturated rings. The van der Waals surface area contributed by atoms with E-state index in [0.29, 0.717) is 10.7 Å². The van der Waals surface area contributed by atoms with Crippen LogP contribution in [0.5, 0.6) is 0 Å². The first-order chi connectivity index (χ1) is 9.01. The normalized spacial score (nSPS) is 10.5. The lowest BCUT2D eigenvalue weighted by Crippen LogP contribution is -2.12. The summed E-state index contributed by atoms with van der Waals surface area (Å²) in [4.78, 5) is 17.4. The van der Waals surface area contributed by atoms with E-state index in [4.69, 9.17) is 5.73 Å². The molecule has 0 atom stereocenters. The standard InChI is InChI=1S/C13H14FN3OS/c1-3-11-7(2)19-13(16-11)17-12(18)8-4-5-9(14)10(15)6-8/h4-6H,3,15H2,1-2H3,(H,16,17,18). The minimum absolute atomic E-state index is 0.0442. The van der Waals surface area contributed by atoms with E-state index in [0.717, 1.165) is 17.0 Å². The molecule has 0 saturated heterocycles. The zero-order valence-electron chi connectivity index (χ0n) is 10.7. The molecule has 1 amide bonds. The lowest BCUT2D eigenvalue weighted by molar-refractivity contribution is 0.102. The van der Waals surface area contributed by atoms with Gasteiger partial charge in [0.1, 0.15) is 5.82 Å². The Morgan fingerprint density at radius 1 is 1.53 bits per heavy atom. The number of carbonyl (C=O) groups is 1. The minimum atomic E-state index is -0.532. The summed E-state index contributed by atoms with van der Waals surface area (Å²) in [6.07, 6.45) is 0.821. The highest BCUT2D eigenvalue weighted by Crippen LogP contribution is 2.23. The number of nitrogens with zero attached hydrogens (tertiary/aromatic N) is 1. The summed E-state index contributed by atoms with van der Waals surface area (Å²) in [6.45, 7) is 3.97. The van der Waals surface area contributed by atoms with Gasteiger partial charge >= 0.3 is 0 Å². The fourth-order valence-corrected chi connectivity index (χ4v) is 2.56. The summed E-state index contributed by atoms with van der Waals surface area (Å²) < 4.78 is 13.0. The number of thiazole rings is 1. The van der Waals surface area contributed by atoms with Gasteiger partial charge in [-0.05, 0) is 31.5 Å². The molecular formula is C13H14FN3OS. The molecule has 2 rings (SSSR count). The molecule has 0 bridgehead atoms. The number of carbonyl (C=O) groups excluding carboxylic acids is 1. The van der Waals surface area contributed by atoms with Crippen LogP contribution in [0.2, 0.25) is 0 Å². The van der Waals surface area contributed by atoms with Crippen molar-refractivity contribution in [1.82, 2.24) is 4.98 Å². The Balaban J connectivity index is 2.18. The molecule has 0 aliphatic rings. The fourth-order valence-electron chi connectivity index (χ4n) is 1.66. The Morgan fingerprint density at radius 2 is 2.26 bits per heavy atom. The van der Waals surface area contributed by atoms with E-state index in [1.165, 1.54) is 29.5 Å². The summed E-state index contributed by atoms with van der Waals surface area (Å²) >= 11 is 1.42. The third kappa shape index (κ3) is 2.90. The summed E-state index contributed by atoms with van der Waals surface area (Å²) in [6, 6.07) is 3.88. The predicted molar refractivity (Wildman–Crippen MR) is 75.0 cm³/mol. The number of hydrogen-bond acceptors (Lipinski definition) is 4. The SMILES string of the molecule is CCc1nc(NC(=O)c2ccc(F)c(N)c2)sc1C. The van der Waals surface area contributed by atoms with Crippen LogP contribution >= 0.6 is 11.3 Å². The van der Waals surface area contributed by atoms with Gasteiger partial charge < -0.3 is 5.73 Å². The number of hydrogen-bond donors (Lipinski definition) is 2. The second-order valence-corrected chi connectivity index (χ2v) is 5.27. The molecule has 0 aliphatic carbocycles. The van der Waals surface area contributed by atoms with E-state index >= 15 is 0 Å². The molecule has 1 aromatic heterocycles. The zero-order chi connectivity index (χ0) is 14.0. The highest BCUT2D eigenvalue weighted by atomic mass is 32.1. The molecule has 19 heavy (non-hydrogen) atoms. The minimum Gasteiger partial charge on any atom is -0.396 e. The summed E-state index contributed by atoms with van der Waals surface area (Å²) in [5, 5.41) is 3.23. The maximum atomic E-state index is 13.0. The van der Waals surface area contributed by atoms with E-state index in [1.54, 1.807) is 0 Å². The lowest BCUT2D eigenvalue weighted by Gasteiger charge is -2.03. The molecule has 0 aliphatic heterocycles. The Bertz CT molecular complexity index is 624. The van der Waals surface area contributed by atoms with Gasteiger partial charge in [-0.1, -0.05) is 6.92 Å². The van der Waals surface area contributed by atoms with Crippen LogP contribution in [-0.4, -0.2) is 10.9 Å². The van der Waals surface area contributed by atoms with Gasteiger partial charge in [0.2, 0.25) is 0 Å². The van der Waals surface area contributed by atoms with Crippen LogP contribution in [0.25, 0.3) is 0 Å². The molecule has 0 radical (unpaired) electrons. The van der Waals surface area contributed by atoms with Gasteiger partial charge in [0.05, 0.1) is 11.4 Å². The second-order valence-electron chi connectivity index (χ2n) is 4.07. The van der Waals surface area contributed by atoms with Crippen molar-refractivity contribution in [2.45, 2.75) is 20.3 Å². The van der Waals surface area contributed by atoms with Crippen molar-refractivity contribution in [2.75, 3.05) is 11.1 Å². The largest absolute Gasteiger partial charge is 0.396 e. The second kappa shape index (κ2) is 5.36. The van der Waals surface area contributed by atoms with Crippen LogP contribution in [0, 0.1) is 12.7 Å². The molecule has 0 spiro atoms. The lowest BCUT2D eigenvalue weighted by atomic mass is 10.2. The number of aromatic nitrogens is 1. The quantitative estimate of drug-likeness (QED) is 0.849. The van der Waals surface area contributed by atoms with Crippen LogP contribution in [-0.2, 0) is 6.42 Å². The third-order valence-corrected chi connectivity index (χ3v) is 3.63. The van der Waals surface area contributed by atoms with Crippen molar-refractivity contribution in [1.29, 1.82) is 0 Å². The third-order valence-electron chi connectivity index (χ3n) is 2.71. The molecule has 1 aromatic carbocycles. The summed E-state index contributed by atoms with van der Waals surface area (Å²) in [5.41, 5.74) is 6.67. The topological polar surface area (TPSA) is 68.0 Å². The van der Waals surface area contributed by atoms with E-state index < -0.39 is 5.82 Å². The first-order valence-corrected chi connectivity index (χ1v) is 6.65. The molecule has 6 heteroatoms. The first-order valence-electron chi connectivity index (χ1n) is 5.84. The van der Waals surface area contributed by atoms with Gasteiger partial charge in [0, 0.05) is 10.4 Å². The van der Waals surface area contributed by atoms with Crippen molar-refractivity contribution in [3.05, 3.63) is 40.2 Å². The first kappa shape index (κ1) is 13.5. The summed E-state index contributed by atoms with van der Waals surface area (Å²) in [5.74, 6) is -0.877. The van der Waals surface area contributed by atoms with E-state index in [9.17, 15) is 9.18 Å². The molecule has 0 saturated carbocycles. The maximum Gasteiger partial charge on any atom is 0.257 e. The average molecular weight is 279 g/mol. The number of anilines is 2. The average Bonchev–Trinajstić information content (AvgIpc) is 2.72. The fraction of sp³-hybridized carbons (Fsp3) is 0.231. The molecule has 2 aromatic rings. The van der Waals surface area contributed by atoms with Gasteiger partial charge in [0.15, 0.2) is 5.13 Å². The predicted octanol–water partition coefficient (Wildman–Crippen LogP) is 2.99. The van der Waals surface area contributed by atoms with Crippen LogP contribution in [0.1, 0.15) is 27.9 Å². The molecule has 100 valence electrons. The summed E-state index contributed by atoms with van der Waals surface area (Å²) in [7, 11) is 0. The number of nitrogen functional groups attached to an aromatic ring is 1. The zero-order valence-corrected chi connectivity index (χ0v) is 11.5. The molecule has 4 nitrogen and oxygen atoms in total. The van der Waals surface area contributed by atoms with Gasteiger partial charge in [-0.2, -0.15) is 0 Å². The molecule has 0 unspecified atom stereocenters. The van der Waals surface area contributed by atoms with Crippen LogP contribution in [0.3, 0.4) is 0 Å². The van der Waals surface area contributed by atoms with Crippen molar-refractivity contribution < 1.29 is 9.18 Å². The number of amides is 1. The van der Waals surface area contributed by atoms with Crippen molar-refractivity contribution in [3.63, 3.8) is 0 Å². The van der Waals surface area contributed by atoms with E-state index in [2.05, 4.69) is 10.3 Å². The Labute approximate surface area is 114 Å². The monoisotopic (exact) mass is 279 g/mol. The number of nitrogens with two attached hydrogens (primary N) is 1. The highest BCUT2D eigenvalue weighted by Gasteiger charge is 2.12. The van der Waals surface area contributed by atoms with E-state index in [-0.39, 0.29) is 11.6 Å². The van der Waals surface area contributed by atoms with Crippen molar-refractivity contribution in [3.8, 4) is 0 Å². The van der Waals surface area contributed by atoms with Gasteiger partial charge in [-0.3, -0.25) is 10.1 Å². The van der Waals surface area contributed by atoms with Gasteiger partial charge in [-0.25, -0.2) is 9.37 Å². The molecular weight excluding hydrogens is 265 g/mol. The number of halogens is 1. The van der Waals surface area contributed by atoms with Crippen LogP contribution in [0.4, 0.5) is 15.2 Å². The smallest absolute Gasteiger partial charge is 0.257 e. The number of benzene rings is 1. The Hall–Kier alpha value is -1.95. The Kier molecular flexibility index (Phi) is 3.80. The van der Waals surface area contributed by atoms with Gasteiger partial charge in [-0.15, -0.1) is 11.3 Å². The number of aryl methyl sites for hydroxylation is 2. The van der Waals surface area contributed by atoms with E-state index in [1.807, 2.05) is 13.8 Å². The van der Waals surface area contributed by atoms with Crippen LogP contribution in [0.15, 0.2) is 18.2 Å². The number of nitrogens with one attached hydrogen (secondary N) is 1. The van der Waals surface area contributed by atoms with Gasteiger partial charge in [0.25, 0.3) is 5.91 Å². The Morgan fingerprint density at radius 3 is 2.84 bits per heavy atom. The number of rotatable bonds is 3. The van der Waals surface area contributed by atoms with Crippen LogP contribution < -0.4 is 11.1 Å². The molecule has 3 N–H and O–H groups in total. The van der Waals surface area contributed by atoms with Crippen molar-refractivity contribution in [2.24, 2.45) is 0 Å². The molecule has 1 heterocycles.